The van der Waals surface area contributed by atoms with Crippen LogP contribution in [0.15, 0.2) is 12.1 Å². The molecule has 0 fully saturated rings. The van der Waals surface area contributed by atoms with Crippen molar-refractivity contribution in [3.05, 3.63) is 29.1 Å². The number of benzene rings is 1. The Morgan fingerprint density at radius 1 is 1.57 bits per heavy atom. The van der Waals surface area contributed by atoms with Crippen molar-refractivity contribution in [1.29, 1.82) is 0 Å². The minimum atomic E-state index is -0.344. The fourth-order valence-corrected chi connectivity index (χ4v) is 2.70. The van der Waals surface area contributed by atoms with E-state index >= 15 is 0 Å². The SMILES string of the molecule is CCC(C)C(N)c1cc(F)cc2c1OCCC2NC(C)=O. The van der Waals surface area contributed by atoms with Gasteiger partial charge >= 0.3 is 0 Å². The number of hydrogen-bond acceptors (Lipinski definition) is 3. The first kappa shape index (κ1) is 15.8. The molecule has 21 heavy (non-hydrogen) atoms. The Morgan fingerprint density at radius 3 is 2.90 bits per heavy atom. The van der Waals surface area contributed by atoms with Crippen LogP contribution in [0.25, 0.3) is 0 Å². The van der Waals surface area contributed by atoms with E-state index in [1.54, 1.807) is 0 Å². The van der Waals surface area contributed by atoms with Crippen molar-refractivity contribution in [3.8, 4) is 5.75 Å². The van der Waals surface area contributed by atoms with E-state index in [-0.39, 0.29) is 29.7 Å². The number of nitrogens with two attached hydrogens (primary N) is 1. The molecule has 0 aliphatic carbocycles. The minimum absolute atomic E-state index is 0.134. The maximum absolute atomic E-state index is 14.0. The molecule has 0 spiro atoms. The van der Waals surface area contributed by atoms with E-state index in [1.807, 2.05) is 6.92 Å². The number of halogens is 1. The average Bonchev–Trinajstić information content (AvgIpc) is 2.45. The van der Waals surface area contributed by atoms with Gasteiger partial charge in [-0.1, -0.05) is 20.3 Å². The lowest BCUT2D eigenvalue weighted by atomic mass is 9.88. The average molecular weight is 294 g/mol. The maximum Gasteiger partial charge on any atom is 0.217 e. The molecular formula is C16H23FN2O2. The molecule has 3 N–H and O–H groups in total. The molecule has 0 saturated heterocycles. The fraction of sp³-hybridized carbons (Fsp3) is 0.562. The van der Waals surface area contributed by atoms with Crippen LogP contribution in [0.1, 0.15) is 56.8 Å². The molecule has 116 valence electrons. The van der Waals surface area contributed by atoms with Crippen molar-refractivity contribution in [1.82, 2.24) is 5.32 Å². The molecule has 1 heterocycles. The van der Waals surface area contributed by atoms with Gasteiger partial charge in [0.15, 0.2) is 0 Å². The molecule has 0 aromatic heterocycles. The highest BCUT2D eigenvalue weighted by atomic mass is 19.1. The van der Waals surface area contributed by atoms with Crippen LogP contribution in [0, 0.1) is 11.7 Å². The van der Waals surface area contributed by atoms with E-state index in [1.165, 1.54) is 19.1 Å². The molecule has 4 nitrogen and oxygen atoms in total. The summed E-state index contributed by atoms with van der Waals surface area (Å²) in [6.45, 7) is 6.04. The lowest BCUT2D eigenvalue weighted by molar-refractivity contribution is -0.119. The van der Waals surface area contributed by atoms with Gasteiger partial charge in [0, 0.05) is 30.5 Å². The summed E-state index contributed by atoms with van der Waals surface area (Å²) in [7, 11) is 0. The molecule has 1 aromatic carbocycles. The summed E-state index contributed by atoms with van der Waals surface area (Å²) in [6.07, 6.45) is 1.54. The van der Waals surface area contributed by atoms with Crippen LogP contribution in [0.4, 0.5) is 4.39 Å². The van der Waals surface area contributed by atoms with Crippen molar-refractivity contribution < 1.29 is 13.9 Å². The van der Waals surface area contributed by atoms with Crippen molar-refractivity contribution in [2.75, 3.05) is 6.61 Å². The van der Waals surface area contributed by atoms with Crippen molar-refractivity contribution in [2.24, 2.45) is 11.7 Å². The second-order valence-corrected chi connectivity index (χ2v) is 5.71. The van der Waals surface area contributed by atoms with Crippen LogP contribution in [0.3, 0.4) is 0 Å². The van der Waals surface area contributed by atoms with E-state index in [2.05, 4.69) is 12.2 Å². The smallest absolute Gasteiger partial charge is 0.217 e. The summed E-state index contributed by atoms with van der Waals surface area (Å²) in [6, 6.07) is 2.38. The number of nitrogens with one attached hydrogen (secondary N) is 1. The first-order chi connectivity index (χ1) is 9.93. The number of carbonyl (C=O) groups excluding carboxylic acids is 1. The zero-order valence-electron chi connectivity index (χ0n) is 12.8. The third-order valence-corrected chi connectivity index (χ3v) is 4.13. The summed E-state index contributed by atoms with van der Waals surface area (Å²) in [5.74, 6) is 0.378. The Morgan fingerprint density at radius 2 is 2.29 bits per heavy atom. The quantitative estimate of drug-likeness (QED) is 0.897. The normalized spacial score (nSPS) is 20.1. The zero-order chi connectivity index (χ0) is 15.6. The molecule has 3 unspecified atom stereocenters. The first-order valence-electron chi connectivity index (χ1n) is 7.42. The molecule has 0 radical (unpaired) electrons. The van der Waals surface area contributed by atoms with Crippen molar-refractivity contribution in [3.63, 3.8) is 0 Å². The standard InChI is InChI=1S/C16H23FN2O2/c1-4-9(2)15(18)13-8-11(17)7-12-14(19-10(3)20)5-6-21-16(12)13/h7-9,14-15H,4-6,18H2,1-3H3,(H,19,20). The van der Waals surface area contributed by atoms with Gasteiger partial charge in [-0.05, 0) is 18.1 Å². The zero-order valence-corrected chi connectivity index (χ0v) is 12.8. The Labute approximate surface area is 124 Å². The predicted molar refractivity (Wildman–Crippen MR) is 79.5 cm³/mol. The number of carbonyl (C=O) groups is 1. The van der Waals surface area contributed by atoms with E-state index < -0.39 is 0 Å². The van der Waals surface area contributed by atoms with Gasteiger partial charge in [-0.15, -0.1) is 0 Å². The fourth-order valence-electron chi connectivity index (χ4n) is 2.70. The van der Waals surface area contributed by atoms with E-state index in [9.17, 15) is 9.18 Å². The highest BCUT2D eigenvalue weighted by molar-refractivity contribution is 5.73. The van der Waals surface area contributed by atoms with Gasteiger partial charge in [0.25, 0.3) is 0 Å². The van der Waals surface area contributed by atoms with Gasteiger partial charge in [0.1, 0.15) is 11.6 Å². The van der Waals surface area contributed by atoms with Crippen LogP contribution < -0.4 is 15.8 Å². The third kappa shape index (κ3) is 3.35. The lowest BCUT2D eigenvalue weighted by Gasteiger charge is -2.30. The Kier molecular flexibility index (Phi) is 4.83. The van der Waals surface area contributed by atoms with Crippen LogP contribution >= 0.6 is 0 Å². The topological polar surface area (TPSA) is 64.3 Å². The van der Waals surface area contributed by atoms with Gasteiger partial charge in [0.2, 0.25) is 5.91 Å². The summed E-state index contributed by atoms with van der Waals surface area (Å²) in [5.41, 5.74) is 7.63. The van der Waals surface area contributed by atoms with Gasteiger partial charge < -0.3 is 15.8 Å². The second kappa shape index (κ2) is 6.43. The number of fused-ring (bicyclic) bond motifs is 1. The number of rotatable bonds is 4. The van der Waals surface area contributed by atoms with Crippen LogP contribution in [0.5, 0.6) is 5.75 Å². The van der Waals surface area contributed by atoms with E-state index in [0.717, 1.165) is 6.42 Å². The molecule has 0 bridgehead atoms. The molecule has 1 aliphatic heterocycles. The highest BCUT2D eigenvalue weighted by Crippen LogP contribution is 2.40. The molecular weight excluding hydrogens is 271 g/mol. The second-order valence-electron chi connectivity index (χ2n) is 5.71. The molecule has 0 saturated carbocycles. The maximum atomic E-state index is 14.0. The number of ether oxygens (including phenoxy) is 1. The largest absolute Gasteiger partial charge is 0.493 e. The van der Waals surface area contributed by atoms with Crippen molar-refractivity contribution >= 4 is 5.91 Å². The van der Waals surface area contributed by atoms with Crippen LogP contribution in [-0.2, 0) is 4.79 Å². The number of amides is 1. The monoisotopic (exact) mass is 294 g/mol. The van der Waals surface area contributed by atoms with Crippen LogP contribution in [-0.4, -0.2) is 12.5 Å². The third-order valence-electron chi connectivity index (χ3n) is 4.13. The van der Waals surface area contributed by atoms with Gasteiger partial charge in [-0.3, -0.25) is 4.79 Å². The summed E-state index contributed by atoms with van der Waals surface area (Å²) in [4.78, 5) is 11.3. The highest BCUT2D eigenvalue weighted by Gasteiger charge is 2.28. The molecule has 1 amide bonds. The van der Waals surface area contributed by atoms with E-state index in [0.29, 0.717) is 29.9 Å². The first-order valence-corrected chi connectivity index (χ1v) is 7.42. The molecule has 1 aromatic rings. The predicted octanol–water partition coefficient (Wildman–Crippen LogP) is 2.83. The van der Waals surface area contributed by atoms with Crippen LogP contribution in [0.2, 0.25) is 0 Å². The molecule has 3 atom stereocenters. The van der Waals surface area contributed by atoms with Gasteiger partial charge in [-0.2, -0.15) is 0 Å². The molecule has 2 rings (SSSR count). The molecule has 1 aliphatic rings. The Bertz CT molecular complexity index is 533. The molecule has 5 heteroatoms. The summed E-state index contributed by atoms with van der Waals surface area (Å²) >= 11 is 0. The van der Waals surface area contributed by atoms with Gasteiger partial charge in [0.05, 0.1) is 12.6 Å². The lowest BCUT2D eigenvalue weighted by Crippen LogP contribution is -2.31. The van der Waals surface area contributed by atoms with E-state index in [4.69, 9.17) is 10.5 Å². The van der Waals surface area contributed by atoms with Crippen molar-refractivity contribution in [2.45, 2.75) is 45.7 Å². The summed E-state index contributed by atoms with van der Waals surface area (Å²) < 4.78 is 19.7. The Balaban J connectivity index is 2.45. The Hall–Kier alpha value is -1.62. The summed E-state index contributed by atoms with van der Waals surface area (Å²) in [5, 5.41) is 2.85. The van der Waals surface area contributed by atoms with Gasteiger partial charge in [-0.25, -0.2) is 4.39 Å². The minimum Gasteiger partial charge on any atom is -0.493 e. The number of hydrogen-bond donors (Lipinski definition) is 2.